The highest BCUT2D eigenvalue weighted by molar-refractivity contribution is 6.36. The minimum absolute atomic E-state index is 0.0615. The maximum Gasteiger partial charge on any atom is 0.344 e. The maximum absolute atomic E-state index is 13.8. The fourth-order valence-electron chi connectivity index (χ4n) is 5.63. The van der Waals surface area contributed by atoms with Crippen LogP contribution in [0.5, 0.6) is 23.0 Å². The average Bonchev–Trinajstić information content (AvgIpc) is 3.30. The maximum atomic E-state index is 13.8. The average molecular weight is 588 g/mol. The first kappa shape index (κ1) is 27.4. The predicted molar refractivity (Wildman–Crippen MR) is 157 cm³/mol. The zero-order valence-corrected chi connectivity index (χ0v) is 24.0. The first-order chi connectivity index (χ1) is 20.2. The highest BCUT2D eigenvalue weighted by atomic mass is 35.5. The number of carbonyl (C=O) groups excluding carboxylic acids is 2. The minimum atomic E-state index is -1.80. The Morgan fingerprint density at radius 2 is 1.67 bits per heavy atom. The molecule has 2 heterocycles. The van der Waals surface area contributed by atoms with E-state index in [-0.39, 0.29) is 34.3 Å². The molecule has 1 spiro atoms. The van der Waals surface area contributed by atoms with E-state index in [1.807, 2.05) is 12.1 Å². The van der Waals surface area contributed by atoms with Crippen LogP contribution in [0.3, 0.4) is 0 Å². The molecule has 6 rings (SSSR count). The molecule has 9 nitrogen and oxygen atoms in total. The van der Waals surface area contributed by atoms with Crippen LogP contribution in [0, 0.1) is 5.92 Å². The Morgan fingerprint density at radius 3 is 2.38 bits per heavy atom. The number of ether oxygens (including phenoxy) is 4. The summed E-state index contributed by atoms with van der Waals surface area (Å²) in [4.78, 5) is 40.3. The number of carbonyl (C=O) groups is 2. The Labute approximate surface area is 245 Å². The number of hydrogen-bond acceptors (Lipinski definition) is 9. The van der Waals surface area contributed by atoms with E-state index < -0.39 is 28.7 Å². The smallest absolute Gasteiger partial charge is 0.344 e. The van der Waals surface area contributed by atoms with E-state index >= 15 is 0 Å². The van der Waals surface area contributed by atoms with Crippen LogP contribution in [0.1, 0.15) is 23.7 Å². The molecule has 0 radical (unpaired) electrons. The molecule has 214 valence electrons. The van der Waals surface area contributed by atoms with Crippen LogP contribution in [0.25, 0.3) is 22.1 Å². The first-order valence-electron chi connectivity index (χ1n) is 13.1. The lowest BCUT2D eigenvalue weighted by Crippen LogP contribution is -2.55. The summed E-state index contributed by atoms with van der Waals surface area (Å²) in [6, 6.07) is 15.8. The molecule has 3 aromatic carbocycles. The Bertz CT molecular complexity index is 1880. The van der Waals surface area contributed by atoms with E-state index in [1.165, 1.54) is 33.5 Å². The van der Waals surface area contributed by atoms with Crippen LogP contribution in [-0.2, 0) is 4.79 Å². The number of methoxy groups -OCH3 is 3. The molecule has 0 amide bonds. The molecular weight excluding hydrogens is 562 g/mol. The largest absolute Gasteiger partial charge is 0.496 e. The molecule has 1 aliphatic carbocycles. The van der Waals surface area contributed by atoms with Crippen molar-refractivity contribution in [2.24, 2.45) is 5.92 Å². The van der Waals surface area contributed by atoms with Crippen molar-refractivity contribution in [3.63, 3.8) is 0 Å². The molecule has 1 N–H and O–H groups in total. The number of anilines is 1. The molecule has 0 fully saturated rings. The monoisotopic (exact) mass is 587 g/mol. The van der Waals surface area contributed by atoms with Crippen LogP contribution in [0.15, 0.2) is 75.6 Å². The SMILES string of the molecule is COc1ccc(-c2cc3ccccc3oc2=O)cc1NC1=CC(=O)C2(Oc3c(Cl)c(OC)cc(OC)c3C2=O)C(C)C1. The highest BCUT2D eigenvalue weighted by Gasteiger charge is 2.60. The standard InChI is InChI=1S/C32H26ClNO8/c1-16-11-19(14-26(35)32(16)30(36)27-24(39-3)15-25(40-4)28(33)29(27)42-32)34-21-13-17(9-10-23(21)38-2)20-12-18-7-5-6-8-22(18)41-31(20)37/h5-10,12-16,34H,11H2,1-4H3. The van der Waals surface area contributed by atoms with Crippen LogP contribution in [0.2, 0.25) is 5.02 Å². The Kier molecular flexibility index (Phi) is 6.69. The van der Waals surface area contributed by atoms with Crippen molar-refractivity contribution >= 4 is 39.8 Å². The van der Waals surface area contributed by atoms with Crippen LogP contribution in [0.4, 0.5) is 5.69 Å². The molecule has 0 saturated carbocycles. The number of halogens is 1. The highest BCUT2D eigenvalue weighted by Crippen LogP contribution is 2.53. The summed E-state index contributed by atoms with van der Waals surface area (Å²) in [5.41, 5.74) is 0.382. The van der Waals surface area contributed by atoms with Crippen molar-refractivity contribution in [3.8, 4) is 34.1 Å². The van der Waals surface area contributed by atoms with Crippen molar-refractivity contribution in [2.45, 2.75) is 18.9 Å². The molecule has 0 bridgehead atoms. The van der Waals surface area contributed by atoms with Crippen molar-refractivity contribution in [2.75, 3.05) is 26.6 Å². The number of para-hydroxylation sites is 1. The second kappa shape index (κ2) is 10.3. The third-order valence-corrected chi connectivity index (χ3v) is 8.12. The quantitative estimate of drug-likeness (QED) is 0.212. The fourth-order valence-corrected chi connectivity index (χ4v) is 5.89. The predicted octanol–water partition coefficient (Wildman–Crippen LogP) is 6.06. The third kappa shape index (κ3) is 4.11. The van der Waals surface area contributed by atoms with Gasteiger partial charge in [-0.25, -0.2) is 4.79 Å². The number of hydrogen-bond donors (Lipinski definition) is 1. The lowest BCUT2D eigenvalue weighted by atomic mass is 9.74. The van der Waals surface area contributed by atoms with E-state index in [2.05, 4.69) is 5.32 Å². The lowest BCUT2D eigenvalue weighted by Gasteiger charge is -2.35. The molecule has 4 aromatic rings. The van der Waals surface area contributed by atoms with Crippen LogP contribution in [-0.4, -0.2) is 38.5 Å². The van der Waals surface area contributed by atoms with Gasteiger partial charge in [-0.15, -0.1) is 0 Å². The van der Waals surface area contributed by atoms with Crippen LogP contribution >= 0.6 is 11.6 Å². The number of rotatable bonds is 6. The molecule has 2 aliphatic rings. The van der Waals surface area contributed by atoms with Crippen molar-refractivity contribution in [3.05, 3.63) is 87.4 Å². The van der Waals surface area contributed by atoms with E-state index in [0.717, 1.165) is 5.39 Å². The lowest BCUT2D eigenvalue weighted by molar-refractivity contribution is -0.129. The Morgan fingerprint density at radius 1 is 0.929 bits per heavy atom. The number of benzene rings is 3. The van der Waals surface area contributed by atoms with Gasteiger partial charge in [0.25, 0.3) is 0 Å². The molecule has 10 heteroatoms. The van der Waals surface area contributed by atoms with Gasteiger partial charge < -0.3 is 28.7 Å². The Balaban J connectivity index is 1.35. The second-order valence-corrected chi connectivity index (χ2v) is 10.5. The molecule has 2 atom stereocenters. The third-order valence-electron chi connectivity index (χ3n) is 7.76. The number of nitrogens with one attached hydrogen (secondary N) is 1. The van der Waals surface area contributed by atoms with Gasteiger partial charge in [0.2, 0.25) is 17.2 Å². The summed E-state index contributed by atoms with van der Waals surface area (Å²) in [5, 5.41) is 4.14. The van der Waals surface area contributed by atoms with Gasteiger partial charge in [0, 0.05) is 29.1 Å². The summed E-state index contributed by atoms with van der Waals surface area (Å²) in [5.74, 6) is -0.604. The summed E-state index contributed by atoms with van der Waals surface area (Å²) >= 11 is 6.48. The Hall–Kier alpha value is -4.76. The molecule has 42 heavy (non-hydrogen) atoms. The second-order valence-electron chi connectivity index (χ2n) is 10.1. The van der Waals surface area contributed by atoms with E-state index in [4.69, 9.17) is 35.0 Å². The number of fused-ring (bicyclic) bond motifs is 2. The van der Waals surface area contributed by atoms with E-state index in [9.17, 15) is 14.4 Å². The van der Waals surface area contributed by atoms with Crippen molar-refractivity contribution in [1.29, 1.82) is 0 Å². The zero-order valence-electron chi connectivity index (χ0n) is 23.2. The van der Waals surface area contributed by atoms with Gasteiger partial charge in [-0.1, -0.05) is 42.8 Å². The van der Waals surface area contributed by atoms with Gasteiger partial charge >= 0.3 is 5.63 Å². The van der Waals surface area contributed by atoms with Gasteiger partial charge in [-0.3, -0.25) is 9.59 Å². The van der Waals surface area contributed by atoms with E-state index in [1.54, 1.807) is 43.3 Å². The zero-order chi connectivity index (χ0) is 29.8. The summed E-state index contributed by atoms with van der Waals surface area (Å²) < 4.78 is 27.9. The molecule has 0 saturated heterocycles. The number of Topliss-reactive ketones (excluding diaryl/α,β-unsaturated/α-hetero) is 1. The van der Waals surface area contributed by atoms with Gasteiger partial charge in [-0.05, 0) is 36.2 Å². The van der Waals surface area contributed by atoms with E-state index in [0.29, 0.717) is 33.8 Å². The minimum Gasteiger partial charge on any atom is -0.496 e. The number of allylic oxidation sites excluding steroid dienone is 1. The van der Waals surface area contributed by atoms with Gasteiger partial charge in [0.1, 0.15) is 33.4 Å². The van der Waals surface area contributed by atoms with Crippen molar-refractivity contribution < 1.29 is 33.0 Å². The first-order valence-corrected chi connectivity index (χ1v) is 13.5. The topological polar surface area (TPSA) is 113 Å². The molecular formula is C32H26ClNO8. The van der Waals surface area contributed by atoms with Crippen molar-refractivity contribution in [1.82, 2.24) is 0 Å². The molecule has 2 unspecified atom stereocenters. The summed E-state index contributed by atoms with van der Waals surface area (Å²) in [6.07, 6.45) is 1.64. The van der Waals surface area contributed by atoms with Gasteiger partial charge in [0.15, 0.2) is 5.75 Å². The van der Waals surface area contributed by atoms with Crippen LogP contribution < -0.4 is 29.9 Å². The fraction of sp³-hybridized carbons (Fsp3) is 0.219. The molecule has 1 aliphatic heterocycles. The van der Waals surface area contributed by atoms with Gasteiger partial charge in [0.05, 0.1) is 32.6 Å². The van der Waals surface area contributed by atoms with Gasteiger partial charge in [-0.2, -0.15) is 0 Å². The normalized spacial score (nSPS) is 19.4. The summed E-state index contributed by atoms with van der Waals surface area (Å²) in [6.45, 7) is 1.77. The molecule has 1 aromatic heterocycles. The number of ketones is 2. The summed E-state index contributed by atoms with van der Waals surface area (Å²) in [7, 11) is 4.37.